The molecule has 1 aliphatic rings. The Labute approximate surface area is 120 Å². The van der Waals surface area contributed by atoms with Crippen LogP contribution in [0.25, 0.3) is 0 Å². The first kappa shape index (κ1) is 13.2. The molecule has 0 spiro atoms. The zero-order chi connectivity index (χ0) is 13.9. The lowest BCUT2D eigenvalue weighted by molar-refractivity contribution is 0.342. The summed E-state index contributed by atoms with van der Waals surface area (Å²) in [6.07, 6.45) is 7.32. The molecule has 0 radical (unpaired) electrons. The maximum atomic E-state index is 5.86. The van der Waals surface area contributed by atoms with E-state index in [0.29, 0.717) is 6.04 Å². The summed E-state index contributed by atoms with van der Waals surface area (Å²) in [6, 6.07) is 8.62. The maximum Gasteiger partial charge on any atom is 0.137 e. The quantitative estimate of drug-likeness (QED) is 0.871. The second kappa shape index (κ2) is 5.65. The van der Waals surface area contributed by atoms with E-state index in [1.54, 1.807) is 0 Å². The number of hydrogen-bond donors (Lipinski definition) is 1. The van der Waals surface area contributed by atoms with Gasteiger partial charge in [-0.2, -0.15) is 0 Å². The second-order valence-electron chi connectivity index (χ2n) is 5.75. The number of anilines is 1. The van der Waals surface area contributed by atoms with Crippen molar-refractivity contribution in [2.45, 2.75) is 51.5 Å². The predicted molar refractivity (Wildman–Crippen MR) is 80.5 cm³/mol. The van der Waals surface area contributed by atoms with Crippen LogP contribution in [0.5, 0.6) is 0 Å². The fourth-order valence-corrected chi connectivity index (χ4v) is 3.23. The Morgan fingerprint density at radius 2 is 2.00 bits per heavy atom. The van der Waals surface area contributed by atoms with E-state index in [1.165, 1.54) is 37.7 Å². The third-order valence-electron chi connectivity index (χ3n) is 4.19. The second-order valence-corrected chi connectivity index (χ2v) is 5.75. The summed E-state index contributed by atoms with van der Waals surface area (Å²) in [4.78, 5) is 0. The Bertz CT molecular complexity index is 582. The predicted octanol–water partition coefficient (Wildman–Crippen LogP) is 3.26. The van der Waals surface area contributed by atoms with Crippen molar-refractivity contribution in [1.82, 2.24) is 14.8 Å². The molecule has 1 aromatic heterocycles. The van der Waals surface area contributed by atoms with Gasteiger partial charge < -0.3 is 10.3 Å². The first-order valence-electron chi connectivity index (χ1n) is 7.49. The van der Waals surface area contributed by atoms with Gasteiger partial charge in [0.05, 0.1) is 0 Å². The van der Waals surface area contributed by atoms with E-state index in [0.717, 1.165) is 23.8 Å². The average Bonchev–Trinajstić information content (AvgIpc) is 2.81. The van der Waals surface area contributed by atoms with E-state index < -0.39 is 0 Å². The number of aromatic nitrogens is 3. The van der Waals surface area contributed by atoms with E-state index >= 15 is 0 Å². The largest absolute Gasteiger partial charge is 0.399 e. The van der Waals surface area contributed by atoms with Crippen molar-refractivity contribution in [3.05, 3.63) is 41.5 Å². The minimum absolute atomic E-state index is 0.579. The number of nitrogens with zero attached hydrogens (tertiary/aromatic N) is 3. The van der Waals surface area contributed by atoms with E-state index in [1.807, 2.05) is 18.2 Å². The summed E-state index contributed by atoms with van der Waals surface area (Å²) in [6.45, 7) is 2.06. The van der Waals surface area contributed by atoms with Gasteiger partial charge >= 0.3 is 0 Å². The van der Waals surface area contributed by atoms with Gasteiger partial charge in [-0.3, -0.25) is 0 Å². The first-order chi connectivity index (χ1) is 9.74. The van der Waals surface area contributed by atoms with Crippen LogP contribution in [0, 0.1) is 6.92 Å². The smallest absolute Gasteiger partial charge is 0.137 e. The molecule has 0 bridgehead atoms. The van der Waals surface area contributed by atoms with Crippen molar-refractivity contribution < 1.29 is 0 Å². The maximum absolute atomic E-state index is 5.86. The molecule has 106 valence electrons. The highest BCUT2D eigenvalue weighted by molar-refractivity contribution is 5.41. The van der Waals surface area contributed by atoms with Gasteiger partial charge in [0.2, 0.25) is 0 Å². The monoisotopic (exact) mass is 270 g/mol. The number of benzene rings is 1. The van der Waals surface area contributed by atoms with E-state index in [-0.39, 0.29) is 0 Å². The summed E-state index contributed by atoms with van der Waals surface area (Å²) in [5, 5.41) is 8.68. The highest BCUT2D eigenvalue weighted by Crippen LogP contribution is 2.30. The molecule has 3 rings (SSSR count). The molecule has 1 aromatic carbocycles. The van der Waals surface area contributed by atoms with Crippen LogP contribution in [0.1, 0.15) is 55.4 Å². The summed E-state index contributed by atoms with van der Waals surface area (Å²) in [5.41, 5.74) is 7.87. The first-order valence-corrected chi connectivity index (χ1v) is 7.49. The third kappa shape index (κ3) is 2.69. The molecule has 0 saturated heterocycles. The molecule has 0 amide bonds. The Morgan fingerprint density at radius 1 is 1.20 bits per heavy atom. The third-order valence-corrected chi connectivity index (χ3v) is 4.19. The van der Waals surface area contributed by atoms with Crippen molar-refractivity contribution in [2.75, 3.05) is 5.73 Å². The summed E-state index contributed by atoms with van der Waals surface area (Å²) in [7, 11) is 0. The molecule has 1 fully saturated rings. The topological polar surface area (TPSA) is 56.7 Å². The Balaban J connectivity index is 1.86. The van der Waals surface area contributed by atoms with Crippen molar-refractivity contribution in [1.29, 1.82) is 0 Å². The number of hydrogen-bond acceptors (Lipinski definition) is 3. The summed E-state index contributed by atoms with van der Waals surface area (Å²) >= 11 is 0. The number of nitrogens with two attached hydrogens (primary N) is 1. The molecular formula is C16H22N4. The van der Waals surface area contributed by atoms with Gasteiger partial charge in [0, 0.05) is 18.2 Å². The highest BCUT2D eigenvalue weighted by atomic mass is 15.3. The van der Waals surface area contributed by atoms with Crippen LogP contribution in [0.15, 0.2) is 24.3 Å². The Hall–Kier alpha value is -1.84. The molecule has 0 atom stereocenters. The van der Waals surface area contributed by atoms with Gasteiger partial charge in [0.15, 0.2) is 0 Å². The van der Waals surface area contributed by atoms with Crippen molar-refractivity contribution in [2.24, 2.45) is 0 Å². The molecule has 1 heterocycles. The van der Waals surface area contributed by atoms with Gasteiger partial charge in [0.25, 0.3) is 0 Å². The lowest BCUT2D eigenvalue weighted by atomic mass is 9.95. The molecule has 4 nitrogen and oxygen atoms in total. The molecule has 1 aliphatic carbocycles. The molecular weight excluding hydrogens is 248 g/mol. The van der Waals surface area contributed by atoms with Gasteiger partial charge in [-0.05, 0) is 37.5 Å². The van der Waals surface area contributed by atoms with Crippen LogP contribution in [-0.4, -0.2) is 14.8 Å². The molecule has 2 N–H and O–H groups in total. The summed E-state index contributed by atoms with van der Waals surface area (Å²) in [5.74, 6) is 2.11. The number of rotatable bonds is 3. The number of aryl methyl sites for hydroxylation is 1. The standard InChI is InChI=1S/C16H22N4/c1-12-18-19-16(11-13-6-5-7-14(17)10-13)20(12)15-8-3-2-4-9-15/h5-7,10,15H,2-4,8-9,11,17H2,1H3. The Morgan fingerprint density at radius 3 is 2.75 bits per heavy atom. The minimum atomic E-state index is 0.579. The molecule has 0 unspecified atom stereocenters. The van der Waals surface area contributed by atoms with Gasteiger partial charge in [0.1, 0.15) is 11.6 Å². The molecule has 20 heavy (non-hydrogen) atoms. The molecule has 0 aliphatic heterocycles. The zero-order valence-electron chi connectivity index (χ0n) is 12.0. The van der Waals surface area contributed by atoms with Crippen LogP contribution in [-0.2, 0) is 6.42 Å². The lowest BCUT2D eigenvalue weighted by Gasteiger charge is -2.25. The fourth-order valence-electron chi connectivity index (χ4n) is 3.23. The van der Waals surface area contributed by atoms with Gasteiger partial charge in [-0.25, -0.2) is 0 Å². The van der Waals surface area contributed by atoms with Crippen molar-refractivity contribution in [3.63, 3.8) is 0 Å². The SMILES string of the molecule is Cc1nnc(Cc2cccc(N)c2)n1C1CCCCC1. The van der Waals surface area contributed by atoms with Crippen LogP contribution < -0.4 is 5.73 Å². The average molecular weight is 270 g/mol. The van der Waals surface area contributed by atoms with Crippen LogP contribution >= 0.6 is 0 Å². The normalized spacial score (nSPS) is 16.4. The van der Waals surface area contributed by atoms with Crippen LogP contribution in [0.4, 0.5) is 5.69 Å². The van der Waals surface area contributed by atoms with E-state index in [4.69, 9.17) is 5.73 Å². The van der Waals surface area contributed by atoms with Crippen molar-refractivity contribution >= 4 is 5.69 Å². The summed E-state index contributed by atoms with van der Waals surface area (Å²) < 4.78 is 2.35. The Kier molecular flexibility index (Phi) is 3.72. The molecule has 1 saturated carbocycles. The zero-order valence-corrected chi connectivity index (χ0v) is 12.0. The van der Waals surface area contributed by atoms with Crippen molar-refractivity contribution in [3.8, 4) is 0 Å². The van der Waals surface area contributed by atoms with Gasteiger partial charge in [-0.15, -0.1) is 10.2 Å². The van der Waals surface area contributed by atoms with Crippen LogP contribution in [0.3, 0.4) is 0 Å². The lowest BCUT2D eigenvalue weighted by Crippen LogP contribution is -2.17. The van der Waals surface area contributed by atoms with Crippen LogP contribution in [0.2, 0.25) is 0 Å². The molecule has 4 heteroatoms. The van der Waals surface area contributed by atoms with Gasteiger partial charge in [-0.1, -0.05) is 31.4 Å². The number of nitrogen functional groups attached to an aromatic ring is 1. The van der Waals surface area contributed by atoms with E-state index in [2.05, 4.69) is 27.8 Å². The highest BCUT2D eigenvalue weighted by Gasteiger charge is 2.20. The van der Waals surface area contributed by atoms with E-state index in [9.17, 15) is 0 Å². The minimum Gasteiger partial charge on any atom is -0.399 e. The molecule has 2 aromatic rings. The fraction of sp³-hybridized carbons (Fsp3) is 0.500.